The van der Waals surface area contributed by atoms with Crippen LogP contribution in [-0.2, 0) is 13.0 Å². The Morgan fingerprint density at radius 1 is 1.03 bits per heavy atom. The lowest BCUT2D eigenvalue weighted by Crippen LogP contribution is -2.33. The monoisotopic (exact) mass is 416 g/mol. The number of likely N-dealkylation sites (tertiary alicyclic amines) is 1. The van der Waals surface area contributed by atoms with Crippen molar-refractivity contribution < 1.29 is 4.74 Å². The van der Waals surface area contributed by atoms with Crippen molar-refractivity contribution in [2.75, 3.05) is 31.6 Å². The van der Waals surface area contributed by atoms with E-state index in [2.05, 4.69) is 73.2 Å². The van der Waals surface area contributed by atoms with Gasteiger partial charge in [0.2, 0.25) is 5.88 Å². The van der Waals surface area contributed by atoms with E-state index >= 15 is 0 Å². The van der Waals surface area contributed by atoms with Crippen LogP contribution in [0.15, 0.2) is 42.5 Å². The third-order valence-corrected chi connectivity index (χ3v) is 6.74. The van der Waals surface area contributed by atoms with Crippen LogP contribution in [0.25, 0.3) is 10.8 Å². The van der Waals surface area contributed by atoms with E-state index < -0.39 is 0 Å². The summed E-state index contributed by atoms with van der Waals surface area (Å²) in [5.41, 5.74) is 4.45. The first-order valence-electron chi connectivity index (χ1n) is 11.6. The number of fused-ring (bicyclic) bond motifs is 2. The lowest BCUT2D eigenvalue weighted by atomic mass is 10.0. The van der Waals surface area contributed by atoms with Gasteiger partial charge in [-0.2, -0.15) is 0 Å². The summed E-state index contributed by atoms with van der Waals surface area (Å²) >= 11 is 0. The minimum absolute atomic E-state index is 0.296. The number of ether oxygens (including phenoxy) is 1. The summed E-state index contributed by atoms with van der Waals surface area (Å²) in [6.45, 7) is 7.93. The molecule has 0 saturated carbocycles. The van der Waals surface area contributed by atoms with Crippen LogP contribution in [-0.4, -0.2) is 47.7 Å². The molecule has 0 aliphatic carbocycles. The summed E-state index contributed by atoms with van der Waals surface area (Å²) < 4.78 is 6.30. The highest BCUT2D eigenvalue weighted by Gasteiger charge is 2.26. The van der Waals surface area contributed by atoms with Gasteiger partial charge in [-0.05, 0) is 37.9 Å². The van der Waals surface area contributed by atoms with E-state index in [0.717, 1.165) is 49.0 Å². The molecule has 0 amide bonds. The molecule has 5 heteroatoms. The Bertz CT molecular complexity index is 1070. The first-order valence-corrected chi connectivity index (χ1v) is 11.6. The third-order valence-electron chi connectivity index (χ3n) is 6.74. The highest BCUT2D eigenvalue weighted by atomic mass is 16.5. The van der Waals surface area contributed by atoms with Crippen LogP contribution in [0.3, 0.4) is 0 Å². The molecule has 31 heavy (non-hydrogen) atoms. The summed E-state index contributed by atoms with van der Waals surface area (Å²) in [5, 5.41) is 2.57. The van der Waals surface area contributed by atoms with Crippen molar-refractivity contribution >= 4 is 16.5 Å². The lowest BCUT2D eigenvalue weighted by Gasteiger charge is -2.31. The van der Waals surface area contributed by atoms with Gasteiger partial charge < -0.3 is 14.5 Å². The summed E-state index contributed by atoms with van der Waals surface area (Å²) in [5.74, 6) is 1.03. The summed E-state index contributed by atoms with van der Waals surface area (Å²) in [7, 11) is 2.19. The van der Waals surface area contributed by atoms with Gasteiger partial charge >= 0.3 is 0 Å². The van der Waals surface area contributed by atoms with Crippen molar-refractivity contribution in [3.63, 3.8) is 0 Å². The average Bonchev–Trinajstić information content (AvgIpc) is 3.20. The van der Waals surface area contributed by atoms with Gasteiger partial charge in [-0.1, -0.05) is 50.2 Å². The number of likely N-dealkylation sites (N-methyl/N-ethyl adjacent to an activating group) is 1. The van der Waals surface area contributed by atoms with Crippen molar-refractivity contribution in [3.05, 3.63) is 59.5 Å². The lowest BCUT2D eigenvalue weighted by molar-refractivity contribution is 0.190. The van der Waals surface area contributed by atoms with Gasteiger partial charge in [-0.15, -0.1) is 0 Å². The maximum Gasteiger partial charge on any atom is 0.236 e. The van der Waals surface area contributed by atoms with Crippen molar-refractivity contribution in [1.82, 2.24) is 14.9 Å². The van der Waals surface area contributed by atoms with Crippen molar-refractivity contribution in [2.24, 2.45) is 0 Å². The molecule has 0 N–H and O–H groups in total. The summed E-state index contributed by atoms with van der Waals surface area (Å²) in [4.78, 5) is 14.9. The van der Waals surface area contributed by atoms with Gasteiger partial charge in [-0.3, -0.25) is 0 Å². The normalized spacial score (nSPS) is 19.2. The number of nitrogens with zero attached hydrogens (tertiary/aromatic N) is 4. The highest BCUT2D eigenvalue weighted by Crippen LogP contribution is 2.32. The Hall–Kier alpha value is -2.66. The Balaban J connectivity index is 1.43. The number of hydrogen-bond donors (Lipinski definition) is 0. The molecule has 1 fully saturated rings. The maximum absolute atomic E-state index is 6.30. The molecular formula is C26H32N4O. The van der Waals surface area contributed by atoms with Gasteiger partial charge in [0.25, 0.3) is 0 Å². The predicted molar refractivity (Wildman–Crippen MR) is 126 cm³/mol. The van der Waals surface area contributed by atoms with Gasteiger partial charge in [0.1, 0.15) is 12.3 Å². The molecule has 0 unspecified atom stereocenters. The fourth-order valence-corrected chi connectivity index (χ4v) is 4.87. The average molecular weight is 417 g/mol. The molecule has 1 saturated heterocycles. The zero-order valence-electron chi connectivity index (χ0n) is 18.8. The molecule has 2 aliphatic rings. The van der Waals surface area contributed by atoms with Gasteiger partial charge in [-0.25, -0.2) is 9.97 Å². The molecule has 2 aromatic carbocycles. The highest BCUT2D eigenvalue weighted by molar-refractivity contribution is 5.94. The SMILES string of the molecule is CC(C)c1nc2c(nc1OC[C@@H]1CCCN1C)CN(c1cccc3ccccc13)CC2. The minimum atomic E-state index is 0.296. The molecule has 1 atom stereocenters. The molecule has 3 aromatic rings. The zero-order chi connectivity index (χ0) is 21.4. The van der Waals surface area contributed by atoms with Crippen LogP contribution in [0, 0.1) is 0 Å². The van der Waals surface area contributed by atoms with E-state index in [-0.39, 0.29) is 0 Å². The minimum Gasteiger partial charge on any atom is -0.475 e. The Morgan fingerprint density at radius 2 is 1.87 bits per heavy atom. The molecule has 3 heterocycles. The van der Waals surface area contributed by atoms with E-state index in [1.54, 1.807) is 0 Å². The van der Waals surface area contributed by atoms with E-state index in [0.29, 0.717) is 18.6 Å². The Labute approximate surface area is 185 Å². The second-order valence-electron chi connectivity index (χ2n) is 9.22. The second kappa shape index (κ2) is 8.46. The van der Waals surface area contributed by atoms with E-state index in [1.807, 2.05) is 0 Å². The van der Waals surface area contributed by atoms with Crippen LogP contribution in [0.2, 0.25) is 0 Å². The van der Waals surface area contributed by atoms with Crippen molar-refractivity contribution in [1.29, 1.82) is 0 Å². The molecule has 1 aromatic heterocycles. The smallest absolute Gasteiger partial charge is 0.236 e. The molecule has 5 nitrogen and oxygen atoms in total. The molecule has 5 rings (SSSR count). The molecule has 0 bridgehead atoms. The molecule has 0 spiro atoms. The quantitative estimate of drug-likeness (QED) is 0.598. The Kier molecular flexibility index (Phi) is 5.53. The zero-order valence-corrected chi connectivity index (χ0v) is 18.8. The number of rotatable bonds is 5. The van der Waals surface area contributed by atoms with Gasteiger partial charge in [0.05, 0.1) is 17.9 Å². The fraction of sp³-hybridized carbons (Fsp3) is 0.462. The Morgan fingerprint density at radius 3 is 2.68 bits per heavy atom. The van der Waals surface area contributed by atoms with Gasteiger partial charge in [0, 0.05) is 36.0 Å². The fourth-order valence-electron chi connectivity index (χ4n) is 4.87. The van der Waals surface area contributed by atoms with Crippen LogP contribution in [0.5, 0.6) is 5.88 Å². The second-order valence-corrected chi connectivity index (χ2v) is 9.22. The van der Waals surface area contributed by atoms with Crippen LogP contribution < -0.4 is 9.64 Å². The number of hydrogen-bond acceptors (Lipinski definition) is 5. The van der Waals surface area contributed by atoms with E-state index in [4.69, 9.17) is 14.7 Å². The van der Waals surface area contributed by atoms with Crippen LogP contribution >= 0.6 is 0 Å². The van der Waals surface area contributed by atoms with E-state index in [9.17, 15) is 0 Å². The number of aromatic nitrogens is 2. The first-order chi connectivity index (χ1) is 15.1. The maximum atomic E-state index is 6.30. The number of benzene rings is 2. The van der Waals surface area contributed by atoms with Crippen molar-refractivity contribution in [3.8, 4) is 5.88 Å². The predicted octanol–water partition coefficient (Wildman–Crippen LogP) is 4.79. The molecule has 0 radical (unpaired) electrons. The van der Waals surface area contributed by atoms with Crippen LogP contribution in [0.1, 0.15) is 49.7 Å². The topological polar surface area (TPSA) is 41.5 Å². The standard InChI is InChI=1S/C26H32N4O/c1-18(2)25-26(31-17-20-10-7-14-29(20)3)28-23-16-30(15-13-22(23)27-25)24-12-6-9-19-8-4-5-11-21(19)24/h4-6,8-9,11-12,18,20H,7,10,13-17H2,1-3H3/t20-/m0/s1. The third kappa shape index (κ3) is 3.99. The molecule has 162 valence electrons. The van der Waals surface area contributed by atoms with Crippen LogP contribution in [0.4, 0.5) is 5.69 Å². The largest absolute Gasteiger partial charge is 0.475 e. The molecular weight excluding hydrogens is 384 g/mol. The summed E-state index contributed by atoms with van der Waals surface area (Å²) in [6.07, 6.45) is 3.36. The van der Waals surface area contributed by atoms with E-state index in [1.165, 1.54) is 29.3 Å². The molecule has 2 aliphatic heterocycles. The first kappa shape index (κ1) is 20.3. The number of anilines is 1. The summed E-state index contributed by atoms with van der Waals surface area (Å²) in [6, 6.07) is 15.6. The van der Waals surface area contributed by atoms with Gasteiger partial charge in [0.15, 0.2) is 0 Å². The van der Waals surface area contributed by atoms with Crippen molar-refractivity contribution in [2.45, 2.75) is 51.6 Å².